The first-order valence-electron chi connectivity index (χ1n) is 6.41. The van der Waals surface area contributed by atoms with Gasteiger partial charge in [-0.3, -0.25) is 4.79 Å². The Hall–Kier alpha value is -0.820. The zero-order valence-electron chi connectivity index (χ0n) is 10.3. The van der Waals surface area contributed by atoms with Crippen LogP contribution in [-0.2, 0) is 4.79 Å². The molecule has 1 aromatic rings. The van der Waals surface area contributed by atoms with E-state index in [2.05, 4.69) is 31.2 Å². The van der Waals surface area contributed by atoms with E-state index < -0.39 is 0 Å². The lowest BCUT2D eigenvalue weighted by atomic mass is 9.82. The summed E-state index contributed by atoms with van der Waals surface area (Å²) in [5.41, 5.74) is 2.54. The van der Waals surface area contributed by atoms with Crippen molar-refractivity contribution in [2.24, 2.45) is 5.92 Å². The highest BCUT2D eigenvalue weighted by atomic mass is 35.5. The highest BCUT2D eigenvalue weighted by Crippen LogP contribution is 2.39. The molecule has 0 amide bonds. The summed E-state index contributed by atoms with van der Waals surface area (Å²) in [4.78, 5) is 11.2. The Labute approximate surface area is 108 Å². The lowest BCUT2D eigenvalue weighted by Crippen LogP contribution is -2.12. The van der Waals surface area contributed by atoms with Crippen molar-refractivity contribution in [1.82, 2.24) is 0 Å². The number of hydrogen-bond donors (Lipinski definition) is 0. The molecule has 0 aromatic heterocycles. The van der Waals surface area contributed by atoms with E-state index in [0.717, 1.165) is 0 Å². The third-order valence-corrected chi connectivity index (χ3v) is 3.97. The second kappa shape index (κ2) is 5.68. The molecule has 0 spiro atoms. The van der Waals surface area contributed by atoms with Crippen LogP contribution >= 0.6 is 11.6 Å². The quantitative estimate of drug-likeness (QED) is 0.723. The van der Waals surface area contributed by atoms with Gasteiger partial charge in [0.25, 0.3) is 0 Å². The SMILES string of the molecule is Cc1cccc(C(CC(=O)Cl)C2CCCC2)c1. The Balaban J connectivity index is 2.22. The molecule has 1 aliphatic carbocycles. The summed E-state index contributed by atoms with van der Waals surface area (Å²) < 4.78 is 0. The number of aryl methyl sites for hydroxylation is 1. The van der Waals surface area contributed by atoms with E-state index in [4.69, 9.17) is 11.6 Å². The van der Waals surface area contributed by atoms with Gasteiger partial charge in [0.1, 0.15) is 0 Å². The van der Waals surface area contributed by atoms with Crippen LogP contribution in [0.5, 0.6) is 0 Å². The molecule has 0 saturated heterocycles. The Morgan fingerprint density at radius 3 is 2.71 bits per heavy atom. The maximum absolute atomic E-state index is 11.2. The van der Waals surface area contributed by atoms with Crippen LogP contribution in [0.15, 0.2) is 24.3 Å². The van der Waals surface area contributed by atoms with Gasteiger partial charge < -0.3 is 0 Å². The summed E-state index contributed by atoms with van der Waals surface area (Å²) in [7, 11) is 0. The smallest absolute Gasteiger partial charge is 0.222 e. The highest BCUT2D eigenvalue weighted by Gasteiger charge is 2.27. The van der Waals surface area contributed by atoms with Crippen molar-refractivity contribution < 1.29 is 4.79 Å². The molecule has 0 radical (unpaired) electrons. The first-order chi connectivity index (χ1) is 8.16. The van der Waals surface area contributed by atoms with Gasteiger partial charge in [-0.25, -0.2) is 0 Å². The molecule has 1 aliphatic rings. The molecule has 17 heavy (non-hydrogen) atoms. The van der Waals surface area contributed by atoms with Gasteiger partial charge in [0.2, 0.25) is 5.24 Å². The molecule has 92 valence electrons. The summed E-state index contributed by atoms with van der Waals surface area (Å²) in [6.07, 6.45) is 5.55. The van der Waals surface area contributed by atoms with Crippen LogP contribution in [0.25, 0.3) is 0 Å². The average Bonchev–Trinajstić information content (AvgIpc) is 2.79. The molecule has 1 atom stereocenters. The molecule has 1 aromatic carbocycles. The van der Waals surface area contributed by atoms with E-state index in [1.54, 1.807) is 0 Å². The van der Waals surface area contributed by atoms with Crippen molar-refractivity contribution in [3.05, 3.63) is 35.4 Å². The minimum atomic E-state index is -0.205. The van der Waals surface area contributed by atoms with Gasteiger partial charge in [0.15, 0.2) is 0 Å². The molecule has 1 unspecified atom stereocenters. The Morgan fingerprint density at radius 1 is 1.41 bits per heavy atom. The monoisotopic (exact) mass is 250 g/mol. The van der Waals surface area contributed by atoms with Crippen LogP contribution in [0.1, 0.15) is 49.1 Å². The highest BCUT2D eigenvalue weighted by molar-refractivity contribution is 6.63. The van der Waals surface area contributed by atoms with Gasteiger partial charge >= 0.3 is 0 Å². The summed E-state index contributed by atoms with van der Waals surface area (Å²) in [6, 6.07) is 8.50. The average molecular weight is 251 g/mol. The molecule has 0 bridgehead atoms. The normalized spacial score (nSPS) is 18.2. The number of hydrogen-bond acceptors (Lipinski definition) is 1. The van der Waals surface area contributed by atoms with Gasteiger partial charge in [-0.15, -0.1) is 0 Å². The fourth-order valence-corrected chi connectivity index (χ4v) is 3.16. The molecule has 2 rings (SSSR count). The minimum Gasteiger partial charge on any atom is -0.281 e. The molecular weight excluding hydrogens is 232 g/mol. The first-order valence-corrected chi connectivity index (χ1v) is 6.79. The molecule has 0 aliphatic heterocycles. The van der Waals surface area contributed by atoms with E-state index >= 15 is 0 Å². The molecule has 0 N–H and O–H groups in total. The van der Waals surface area contributed by atoms with E-state index in [9.17, 15) is 4.79 Å². The fraction of sp³-hybridized carbons (Fsp3) is 0.533. The molecular formula is C15H19ClO. The van der Waals surface area contributed by atoms with Crippen molar-refractivity contribution >= 4 is 16.8 Å². The summed E-state index contributed by atoms with van der Waals surface area (Å²) in [6.45, 7) is 2.09. The Morgan fingerprint density at radius 2 is 2.12 bits per heavy atom. The van der Waals surface area contributed by atoms with Crippen molar-refractivity contribution in [3.8, 4) is 0 Å². The standard InChI is InChI=1S/C15H19ClO/c1-11-5-4-8-13(9-11)14(10-15(16)17)12-6-2-3-7-12/h4-5,8-9,12,14H,2-3,6-7,10H2,1H3. The van der Waals surface area contributed by atoms with Crippen LogP contribution in [0.2, 0.25) is 0 Å². The number of carbonyl (C=O) groups excluding carboxylic acids is 1. The third kappa shape index (κ3) is 3.32. The molecule has 1 saturated carbocycles. The van der Waals surface area contributed by atoms with E-state index in [-0.39, 0.29) is 5.24 Å². The van der Waals surface area contributed by atoms with Crippen LogP contribution in [0, 0.1) is 12.8 Å². The largest absolute Gasteiger partial charge is 0.281 e. The third-order valence-electron chi connectivity index (χ3n) is 3.82. The lowest BCUT2D eigenvalue weighted by Gasteiger charge is -2.22. The predicted molar refractivity (Wildman–Crippen MR) is 71.4 cm³/mol. The van der Waals surface area contributed by atoms with Crippen molar-refractivity contribution in [2.45, 2.75) is 44.9 Å². The summed E-state index contributed by atoms with van der Waals surface area (Å²) in [5.74, 6) is 0.960. The van der Waals surface area contributed by atoms with Crippen LogP contribution in [-0.4, -0.2) is 5.24 Å². The zero-order valence-corrected chi connectivity index (χ0v) is 11.0. The lowest BCUT2D eigenvalue weighted by molar-refractivity contribution is -0.112. The van der Waals surface area contributed by atoms with Crippen molar-refractivity contribution in [3.63, 3.8) is 0 Å². The van der Waals surface area contributed by atoms with Crippen LogP contribution < -0.4 is 0 Å². The summed E-state index contributed by atoms with van der Waals surface area (Å²) >= 11 is 5.60. The van der Waals surface area contributed by atoms with Crippen LogP contribution in [0.4, 0.5) is 0 Å². The molecule has 2 heteroatoms. The van der Waals surface area contributed by atoms with Gasteiger partial charge in [0.05, 0.1) is 0 Å². The Kier molecular flexibility index (Phi) is 4.22. The second-order valence-electron chi connectivity index (χ2n) is 5.12. The van der Waals surface area contributed by atoms with Crippen LogP contribution in [0.3, 0.4) is 0 Å². The fourth-order valence-electron chi connectivity index (χ4n) is 2.99. The summed E-state index contributed by atoms with van der Waals surface area (Å²) in [5, 5.41) is -0.205. The van der Waals surface area contributed by atoms with Gasteiger partial charge in [-0.2, -0.15) is 0 Å². The van der Waals surface area contributed by atoms with E-state index in [0.29, 0.717) is 18.3 Å². The molecule has 1 nitrogen and oxygen atoms in total. The predicted octanol–water partition coefficient (Wildman–Crippen LogP) is 4.42. The van der Waals surface area contributed by atoms with Gasteiger partial charge in [-0.05, 0) is 48.8 Å². The number of carbonyl (C=O) groups is 1. The maximum atomic E-state index is 11.2. The zero-order chi connectivity index (χ0) is 12.3. The number of rotatable bonds is 4. The topological polar surface area (TPSA) is 17.1 Å². The van der Waals surface area contributed by atoms with E-state index in [1.165, 1.54) is 36.8 Å². The van der Waals surface area contributed by atoms with Gasteiger partial charge in [-0.1, -0.05) is 42.7 Å². The second-order valence-corrected chi connectivity index (χ2v) is 5.55. The minimum absolute atomic E-state index is 0.205. The molecule has 0 heterocycles. The number of halogens is 1. The Bertz CT molecular complexity index is 394. The molecule has 1 fully saturated rings. The van der Waals surface area contributed by atoms with Crippen molar-refractivity contribution in [2.75, 3.05) is 0 Å². The van der Waals surface area contributed by atoms with Gasteiger partial charge in [0, 0.05) is 6.42 Å². The first kappa shape index (κ1) is 12.6. The van der Waals surface area contributed by atoms with E-state index in [1.807, 2.05) is 0 Å². The number of benzene rings is 1. The van der Waals surface area contributed by atoms with Crippen molar-refractivity contribution in [1.29, 1.82) is 0 Å². The maximum Gasteiger partial charge on any atom is 0.222 e.